The van der Waals surface area contributed by atoms with Crippen LogP contribution in [0.5, 0.6) is 5.75 Å². The van der Waals surface area contributed by atoms with Gasteiger partial charge in [0, 0.05) is 12.1 Å². The summed E-state index contributed by atoms with van der Waals surface area (Å²) < 4.78 is 5.76. The van der Waals surface area contributed by atoms with E-state index < -0.39 is 0 Å². The summed E-state index contributed by atoms with van der Waals surface area (Å²) in [6, 6.07) is 17.4. The first-order valence-corrected chi connectivity index (χ1v) is 10.2. The minimum absolute atomic E-state index is 0.0928. The average Bonchev–Trinajstić information content (AvgIpc) is 3.15. The van der Waals surface area contributed by atoms with Crippen molar-refractivity contribution in [3.8, 4) is 5.75 Å². The molecule has 0 radical (unpaired) electrons. The Kier molecular flexibility index (Phi) is 7.08. The highest BCUT2D eigenvalue weighted by atomic mass is 32.2. The van der Waals surface area contributed by atoms with E-state index in [0.717, 1.165) is 35.7 Å². The lowest BCUT2D eigenvalue weighted by molar-refractivity contribution is -0.115. The summed E-state index contributed by atoms with van der Waals surface area (Å²) in [6.45, 7) is 4.44. The summed E-state index contributed by atoms with van der Waals surface area (Å²) in [4.78, 5) is 16.8. The van der Waals surface area contributed by atoms with Gasteiger partial charge < -0.3 is 10.1 Å². The molecule has 0 saturated carbocycles. The summed E-state index contributed by atoms with van der Waals surface area (Å²) in [5.74, 6) is 1.52. The summed E-state index contributed by atoms with van der Waals surface area (Å²) in [7, 11) is 0. The molecule has 3 rings (SSSR count). The molecule has 6 nitrogen and oxygen atoms in total. The minimum Gasteiger partial charge on any atom is -0.489 e. The Balaban J connectivity index is 1.49. The Hall–Kier alpha value is -2.80. The second kappa shape index (κ2) is 9.94. The van der Waals surface area contributed by atoms with Crippen LogP contribution in [0, 0.1) is 0 Å². The maximum Gasteiger partial charge on any atom is 0.237 e. The number of hydrogen-bond acceptors (Lipinski definition) is 5. The van der Waals surface area contributed by atoms with Crippen molar-refractivity contribution in [2.24, 2.45) is 0 Å². The van der Waals surface area contributed by atoms with Crippen molar-refractivity contribution in [1.29, 1.82) is 0 Å². The average molecular weight is 397 g/mol. The predicted octanol–water partition coefficient (Wildman–Crippen LogP) is 4.46. The van der Waals surface area contributed by atoms with Crippen molar-refractivity contribution >= 4 is 23.4 Å². The van der Waals surface area contributed by atoms with Gasteiger partial charge in [0.2, 0.25) is 11.1 Å². The Morgan fingerprint density at radius 3 is 2.64 bits per heavy atom. The molecule has 1 heterocycles. The Morgan fingerprint density at radius 2 is 1.93 bits per heavy atom. The van der Waals surface area contributed by atoms with Crippen LogP contribution in [0.15, 0.2) is 59.8 Å². The van der Waals surface area contributed by atoms with Crippen LogP contribution in [-0.4, -0.2) is 26.3 Å². The van der Waals surface area contributed by atoms with Gasteiger partial charge in [-0.2, -0.15) is 0 Å². The van der Waals surface area contributed by atoms with Gasteiger partial charge in [0.15, 0.2) is 0 Å². The second-order valence-electron chi connectivity index (χ2n) is 6.36. The van der Waals surface area contributed by atoms with Crippen LogP contribution in [0.2, 0.25) is 0 Å². The third-order valence-electron chi connectivity index (χ3n) is 4.02. The molecule has 1 aromatic heterocycles. The zero-order chi connectivity index (χ0) is 19.8. The van der Waals surface area contributed by atoms with Crippen molar-refractivity contribution in [2.45, 2.75) is 43.7 Å². The normalized spacial score (nSPS) is 11.8. The topological polar surface area (TPSA) is 79.9 Å². The molecule has 3 aromatic rings. The molecule has 1 atom stereocenters. The fourth-order valence-electron chi connectivity index (χ4n) is 2.51. The predicted molar refractivity (Wildman–Crippen MR) is 112 cm³/mol. The molecule has 28 heavy (non-hydrogen) atoms. The molecule has 0 fully saturated rings. The van der Waals surface area contributed by atoms with E-state index in [9.17, 15) is 4.79 Å². The number of hydrogen-bond donors (Lipinski definition) is 2. The molecule has 0 aliphatic heterocycles. The fraction of sp³-hybridized carbons (Fsp3) is 0.286. The van der Waals surface area contributed by atoms with Gasteiger partial charge in [0.25, 0.3) is 0 Å². The molecule has 1 unspecified atom stereocenters. The van der Waals surface area contributed by atoms with Crippen LogP contribution < -0.4 is 10.1 Å². The molecule has 1 amide bonds. The highest BCUT2D eigenvalue weighted by Gasteiger charge is 2.17. The highest BCUT2D eigenvalue weighted by molar-refractivity contribution is 8.00. The van der Waals surface area contributed by atoms with Crippen LogP contribution in [0.3, 0.4) is 0 Å². The first kappa shape index (κ1) is 19.9. The number of anilines is 1. The number of ether oxygens (including phenoxy) is 1. The van der Waals surface area contributed by atoms with E-state index in [1.165, 1.54) is 11.8 Å². The van der Waals surface area contributed by atoms with Crippen LogP contribution in [-0.2, 0) is 17.8 Å². The summed E-state index contributed by atoms with van der Waals surface area (Å²) in [6.07, 6.45) is 1.85. The van der Waals surface area contributed by atoms with Crippen LogP contribution in [0.25, 0.3) is 0 Å². The van der Waals surface area contributed by atoms with Crippen LogP contribution in [0.1, 0.15) is 31.7 Å². The van der Waals surface area contributed by atoms with Crippen LogP contribution >= 0.6 is 11.8 Å². The van der Waals surface area contributed by atoms with Crippen molar-refractivity contribution in [3.05, 3.63) is 66.0 Å². The number of thioether (sulfide) groups is 1. The molecule has 0 spiro atoms. The zero-order valence-corrected chi connectivity index (χ0v) is 16.8. The number of H-pyrrole nitrogens is 1. The molecule has 0 saturated heterocycles. The SMILES string of the molecule is CCCc1nc(SC(C)C(=O)Nc2ccc(OCc3ccccc3)cc2)n[nH]1. The number of nitrogens with zero attached hydrogens (tertiary/aromatic N) is 2. The number of amides is 1. The van der Waals surface area contributed by atoms with E-state index in [-0.39, 0.29) is 11.2 Å². The number of aromatic amines is 1. The summed E-state index contributed by atoms with van der Waals surface area (Å²) in [5.41, 5.74) is 1.84. The molecule has 0 aliphatic carbocycles. The Bertz CT molecular complexity index is 881. The number of nitrogens with one attached hydrogen (secondary N) is 2. The smallest absolute Gasteiger partial charge is 0.237 e. The largest absolute Gasteiger partial charge is 0.489 e. The lowest BCUT2D eigenvalue weighted by Gasteiger charge is -2.11. The van der Waals surface area contributed by atoms with Crippen molar-refractivity contribution < 1.29 is 9.53 Å². The van der Waals surface area contributed by atoms with Gasteiger partial charge in [0.1, 0.15) is 18.2 Å². The third-order valence-corrected chi connectivity index (χ3v) is 4.98. The number of aryl methyl sites for hydroxylation is 1. The molecule has 7 heteroatoms. The fourth-order valence-corrected chi connectivity index (χ4v) is 3.25. The van der Waals surface area contributed by atoms with Crippen molar-refractivity contribution in [3.63, 3.8) is 0 Å². The Labute approximate surface area is 169 Å². The minimum atomic E-state index is -0.306. The zero-order valence-electron chi connectivity index (χ0n) is 16.0. The second-order valence-corrected chi connectivity index (χ2v) is 7.67. The maximum atomic E-state index is 12.4. The van der Waals surface area contributed by atoms with E-state index >= 15 is 0 Å². The van der Waals surface area contributed by atoms with E-state index in [1.807, 2.05) is 61.5 Å². The van der Waals surface area contributed by atoms with E-state index in [2.05, 4.69) is 27.4 Å². The number of carbonyl (C=O) groups excluding carboxylic acids is 1. The standard InChI is InChI=1S/C21H24N4O2S/c1-3-7-19-23-21(25-24-19)28-15(2)20(26)22-17-10-12-18(13-11-17)27-14-16-8-5-4-6-9-16/h4-6,8-13,15H,3,7,14H2,1-2H3,(H,22,26)(H,23,24,25). The maximum absolute atomic E-state index is 12.4. The number of benzene rings is 2. The van der Waals surface area contributed by atoms with Crippen molar-refractivity contribution in [2.75, 3.05) is 5.32 Å². The van der Waals surface area contributed by atoms with Gasteiger partial charge in [-0.15, -0.1) is 5.10 Å². The van der Waals surface area contributed by atoms with Gasteiger partial charge in [-0.05, 0) is 43.2 Å². The molecular formula is C21H24N4O2S. The van der Waals surface area contributed by atoms with Gasteiger partial charge in [-0.3, -0.25) is 9.89 Å². The van der Waals surface area contributed by atoms with E-state index in [1.54, 1.807) is 0 Å². The molecule has 2 aromatic carbocycles. The van der Waals surface area contributed by atoms with Gasteiger partial charge in [-0.25, -0.2) is 4.98 Å². The van der Waals surface area contributed by atoms with Gasteiger partial charge in [0.05, 0.1) is 5.25 Å². The molecule has 0 bridgehead atoms. The van der Waals surface area contributed by atoms with E-state index in [4.69, 9.17) is 4.74 Å². The van der Waals surface area contributed by atoms with Gasteiger partial charge >= 0.3 is 0 Å². The quantitative estimate of drug-likeness (QED) is 0.522. The number of aromatic nitrogens is 3. The van der Waals surface area contributed by atoms with Gasteiger partial charge in [-0.1, -0.05) is 49.0 Å². The van der Waals surface area contributed by atoms with E-state index in [0.29, 0.717) is 11.8 Å². The Morgan fingerprint density at radius 1 is 1.18 bits per heavy atom. The summed E-state index contributed by atoms with van der Waals surface area (Å²) >= 11 is 1.34. The first-order chi connectivity index (χ1) is 13.6. The molecule has 146 valence electrons. The van der Waals surface area contributed by atoms with Crippen LogP contribution in [0.4, 0.5) is 5.69 Å². The third kappa shape index (κ3) is 5.85. The number of carbonyl (C=O) groups is 1. The van der Waals surface area contributed by atoms with Crippen molar-refractivity contribution in [1.82, 2.24) is 15.2 Å². The summed E-state index contributed by atoms with van der Waals surface area (Å²) in [5, 5.41) is 10.3. The molecule has 2 N–H and O–H groups in total. The highest BCUT2D eigenvalue weighted by Crippen LogP contribution is 2.22. The first-order valence-electron chi connectivity index (χ1n) is 9.29. The monoisotopic (exact) mass is 396 g/mol. The number of rotatable bonds is 9. The molecular weight excluding hydrogens is 372 g/mol. The lowest BCUT2D eigenvalue weighted by atomic mass is 10.2. The lowest BCUT2D eigenvalue weighted by Crippen LogP contribution is -2.22. The molecule has 0 aliphatic rings.